The molecule has 2 atom stereocenters. The Kier molecular flexibility index (Phi) is 7.13. The number of likely N-dealkylation sites (tertiary alicyclic amines) is 1. The largest absolute Gasteiger partial charge is 0.416 e. The third-order valence-electron chi connectivity index (χ3n) is 9.23. The molecule has 2 amide bonds. The van der Waals surface area contributed by atoms with E-state index in [1.807, 2.05) is 0 Å². The van der Waals surface area contributed by atoms with Gasteiger partial charge in [-0.1, -0.05) is 18.2 Å². The molecule has 2 aromatic rings. The number of carbonyl (C=O) groups is 2. The van der Waals surface area contributed by atoms with Crippen molar-refractivity contribution >= 4 is 21.8 Å². The van der Waals surface area contributed by atoms with Crippen molar-refractivity contribution in [1.29, 1.82) is 0 Å². The molecule has 0 bridgehead atoms. The number of primary amides is 1. The first-order valence-corrected chi connectivity index (χ1v) is 15.5. The number of ether oxygens (including phenoxy) is 1. The molecule has 232 valence electrons. The molecule has 0 spiro atoms. The molecule has 3 saturated heterocycles. The van der Waals surface area contributed by atoms with Crippen molar-refractivity contribution in [2.24, 2.45) is 11.7 Å². The number of halogens is 5. The predicted octanol–water partition coefficient (Wildman–Crippen LogP) is 3.71. The van der Waals surface area contributed by atoms with Crippen molar-refractivity contribution in [3.63, 3.8) is 0 Å². The number of amides is 2. The number of hydrogen-bond acceptors (Lipinski definition) is 5. The van der Waals surface area contributed by atoms with Crippen LogP contribution in [0.1, 0.15) is 58.6 Å². The van der Waals surface area contributed by atoms with Crippen LogP contribution in [0, 0.1) is 11.7 Å². The summed E-state index contributed by atoms with van der Waals surface area (Å²) in [4.78, 5) is 28.5. The number of carbonyl (C=O) groups excluding carboxylic acids is 2. The lowest BCUT2D eigenvalue weighted by Gasteiger charge is -2.46. The fourth-order valence-corrected chi connectivity index (χ4v) is 8.43. The Morgan fingerprint density at radius 3 is 2.33 bits per heavy atom. The van der Waals surface area contributed by atoms with Gasteiger partial charge in [-0.3, -0.25) is 9.59 Å². The van der Waals surface area contributed by atoms with Gasteiger partial charge in [0.1, 0.15) is 16.6 Å². The molecule has 2 N–H and O–H groups in total. The summed E-state index contributed by atoms with van der Waals surface area (Å²) in [5, 5.41) is -0.712. The second-order valence-electron chi connectivity index (χ2n) is 11.9. The lowest BCUT2D eigenvalue weighted by molar-refractivity contribution is -0.138. The smallest absolute Gasteiger partial charge is 0.378 e. The summed E-state index contributed by atoms with van der Waals surface area (Å²) in [5.74, 6) is -3.94. The van der Waals surface area contributed by atoms with E-state index < -0.39 is 74.9 Å². The van der Waals surface area contributed by atoms with Crippen LogP contribution in [0.4, 0.5) is 22.0 Å². The molecule has 2 aromatic carbocycles. The number of benzene rings is 2. The Morgan fingerprint density at radius 2 is 1.77 bits per heavy atom. The van der Waals surface area contributed by atoms with E-state index in [0.717, 1.165) is 16.4 Å². The highest BCUT2D eigenvalue weighted by Gasteiger charge is 2.59. The molecular weight excluding hydrogens is 597 g/mol. The monoisotopic (exact) mass is 627 g/mol. The van der Waals surface area contributed by atoms with Crippen molar-refractivity contribution in [2.75, 3.05) is 32.8 Å². The van der Waals surface area contributed by atoms with E-state index >= 15 is 8.78 Å². The Bertz CT molecular complexity index is 1570. The maximum atomic E-state index is 15.9. The molecule has 1 saturated carbocycles. The van der Waals surface area contributed by atoms with Crippen molar-refractivity contribution in [3.8, 4) is 0 Å². The van der Waals surface area contributed by atoms with Crippen LogP contribution in [0.5, 0.6) is 0 Å². The number of nitrogens with two attached hydrogens (primary N) is 1. The molecule has 43 heavy (non-hydrogen) atoms. The number of rotatable bonds is 8. The average Bonchev–Trinajstić information content (AvgIpc) is 3.62. The average molecular weight is 628 g/mol. The maximum absolute atomic E-state index is 15.9. The van der Waals surface area contributed by atoms with Crippen molar-refractivity contribution in [1.82, 2.24) is 9.21 Å². The third kappa shape index (κ3) is 4.91. The molecule has 0 aromatic heterocycles. The summed E-state index contributed by atoms with van der Waals surface area (Å²) in [6.07, 6.45) is -3.19. The van der Waals surface area contributed by atoms with E-state index in [-0.39, 0.29) is 48.8 Å². The molecule has 6 rings (SSSR count). The highest BCUT2D eigenvalue weighted by molar-refractivity contribution is 7.89. The van der Waals surface area contributed by atoms with Gasteiger partial charge in [-0.2, -0.15) is 17.5 Å². The van der Waals surface area contributed by atoms with Crippen LogP contribution in [0.25, 0.3) is 0 Å². The van der Waals surface area contributed by atoms with Crippen LogP contribution in [0.2, 0.25) is 0 Å². The fourth-order valence-electron chi connectivity index (χ4n) is 6.70. The second-order valence-corrected chi connectivity index (χ2v) is 14.1. The minimum Gasteiger partial charge on any atom is -0.378 e. The zero-order valence-electron chi connectivity index (χ0n) is 22.9. The lowest BCUT2D eigenvalue weighted by Crippen LogP contribution is -2.62. The van der Waals surface area contributed by atoms with Crippen LogP contribution in [-0.4, -0.2) is 73.1 Å². The van der Waals surface area contributed by atoms with Gasteiger partial charge >= 0.3 is 6.18 Å². The van der Waals surface area contributed by atoms with Gasteiger partial charge in [-0.25, -0.2) is 17.2 Å². The molecule has 4 aliphatic rings. The van der Waals surface area contributed by atoms with Gasteiger partial charge in [0, 0.05) is 18.0 Å². The molecule has 14 heteroatoms. The first-order valence-electron chi connectivity index (χ1n) is 14.0. The Balaban J connectivity index is 1.31. The number of alkyl halides is 4. The summed E-state index contributed by atoms with van der Waals surface area (Å²) in [7, 11) is -3.71. The van der Waals surface area contributed by atoms with Gasteiger partial charge < -0.3 is 15.4 Å². The molecule has 3 aliphatic heterocycles. The minimum atomic E-state index is -4.77. The van der Waals surface area contributed by atoms with Crippen molar-refractivity contribution in [2.45, 2.75) is 54.2 Å². The van der Waals surface area contributed by atoms with Crippen LogP contribution in [0.3, 0.4) is 0 Å². The number of nitrogens with zero attached hydrogens (tertiary/aromatic N) is 2. The Morgan fingerprint density at radius 1 is 1.07 bits per heavy atom. The minimum absolute atomic E-state index is 0.0261. The summed E-state index contributed by atoms with van der Waals surface area (Å²) in [6, 6.07) is 7.82. The number of hydrogen-bond donors (Lipinski definition) is 1. The fraction of sp³-hybridized carbons (Fsp3) is 0.517. The van der Waals surface area contributed by atoms with E-state index in [9.17, 15) is 31.2 Å². The zero-order valence-corrected chi connectivity index (χ0v) is 23.8. The summed E-state index contributed by atoms with van der Waals surface area (Å²) >= 11 is 0. The quantitative estimate of drug-likeness (QED) is 0.449. The maximum Gasteiger partial charge on any atom is 0.416 e. The molecular formula is C29H30F5N3O5S. The van der Waals surface area contributed by atoms with Crippen LogP contribution in [-0.2, 0) is 31.4 Å². The number of sulfonamides is 1. The molecule has 0 radical (unpaired) electrons. The van der Waals surface area contributed by atoms with E-state index in [4.69, 9.17) is 10.5 Å². The van der Waals surface area contributed by atoms with Crippen LogP contribution < -0.4 is 5.73 Å². The van der Waals surface area contributed by atoms with Crippen molar-refractivity contribution in [3.05, 3.63) is 70.5 Å². The van der Waals surface area contributed by atoms with Gasteiger partial charge in [0.25, 0.3) is 5.91 Å². The first-order chi connectivity index (χ1) is 20.2. The topological polar surface area (TPSA) is 110 Å². The predicted molar refractivity (Wildman–Crippen MR) is 143 cm³/mol. The Hall–Kier alpha value is -3.10. The van der Waals surface area contributed by atoms with Gasteiger partial charge in [0.05, 0.1) is 31.9 Å². The summed E-state index contributed by atoms with van der Waals surface area (Å²) in [5.41, 5.74) is 1.03. The zero-order chi connectivity index (χ0) is 30.9. The molecule has 0 unspecified atom stereocenters. The third-order valence-corrected chi connectivity index (χ3v) is 11.3. The molecule has 3 heterocycles. The standard InChI is InChI=1S/C29H30F5N3O5S/c30-23-12-20(29(32,33)34)7-8-22(23)24(17-5-6-17)28(26(35)39)9-2-10-37(28)25(38)18-3-1-4-19(11-18)27(31)15-36(16-27)43(40,41)21-13-42-14-21/h1,3-4,7-8,11-12,17,21,24H,2,5-6,9-10,13-16H2,(H2,35,39)/t24-,28+/m1/s1. The second kappa shape index (κ2) is 10.2. The van der Waals surface area contributed by atoms with E-state index in [1.165, 1.54) is 29.2 Å². The van der Waals surface area contributed by atoms with Crippen LogP contribution in [0.15, 0.2) is 42.5 Å². The highest BCUT2D eigenvalue weighted by Crippen LogP contribution is 2.54. The van der Waals surface area contributed by atoms with Gasteiger partial charge in [0.15, 0.2) is 5.67 Å². The van der Waals surface area contributed by atoms with Gasteiger partial charge in [0.2, 0.25) is 15.9 Å². The van der Waals surface area contributed by atoms with E-state index in [0.29, 0.717) is 25.3 Å². The molecule has 1 aliphatic carbocycles. The summed E-state index contributed by atoms with van der Waals surface area (Å²) < 4.78 is 102. The normalized spacial score (nSPS) is 25.2. The molecule has 4 fully saturated rings. The van der Waals surface area contributed by atoms with Gasteiger partial charge in [-0.05, 0) is 67.0 Å². The SMILES string of the molecule is NC(=O)[C@@]1([C@@H](c2ccc(C(F)(F)F)cc2F)C2CC2)CCCN1C(=O)c1cccc(C2(F)CN(S(=O)(=O)C3COC3)C2)c1. The lowest BCUT2D eigenvalue weighted by atomic mass is 9.73. The highest BCUT2D eigenvalue weighted by atomic mass is 32.2. The van der Waals surface area contributed by atoms with E-state index in [2.05, 4.69) is 0 Å². The Labute approximate surface area is 245 Å². The van der Waals surface area contributed by atoms with Crippen LogP contribution >= 0.6 is 0 Å². The van der Waals surface area contributed by atoms with Crippen molar-refractivity contribution < 1.29 is 44.7 Å². The summed E-state index contributed by atoms with van der Waals surface area (Å²) in [6.45, 7) is -0.659. The first kappa shape index (κ1) is 29.9. The van der Waals surface area contributed by atoms with E-state index in [1.54, 1.807) is 0 Å². The molecule has 8 nitrogen and oxygen atoms in total. The van der Waals surface area contributed by atoms with Gasteiger partial charge in [-0.15, -0.1) is 0 Å².